The number of rotatable bonds is 0. The normalized spacial score (nSPS) is 11.4. The fourth-order valence-electron chi connectivity index (χ4n) is 3.89. The van der Waals surface area contributed by atoms with Gasteiger partial charge in [0.25, 0.3) is 0 Å². The van der Waals surface area contributed by atoms with Crippen LogP contribution in [0.25, 0.3) is 44.5 Å². The summed E-state index contributed by atoms with van der Waals surface area (Å²) < 4.78 is 0. The fraction of sp³-hybridized carbons (Fsp3) is 0. The maximum atomic E-state index is 10.7. The van der Waals surface area contributed by atoms with E-state index in [1.807, 2.05) is 12.1 Å². The van der Waals surface area contributed by atoms with Crippen molar-refractivity contribution in [1.29, 1.82) is 0 Å². The van der Waals surface area contributed by atoms with Crippen LogP contribution in [0.15, 0.2) is 91.0 Å². The van der Waals surface area contributed by atoms with Crippen molar-refractivity contribution in [3.63, 3.8) is 0 Å². The zero-order valence-electron chi connectivity index (χ0n) is 13.6. The lowest BCUT2D eigenvalue weighted by Crippen LogP contribution is -1.96. The minimum Gasteiger partial charge on any atom is -0.507 e. The molecule has 0 unspecified atom stereocenters. The number of hydrogen-bond donors (Lipinski definition) is 1. The summed E-state index contributed by atoms with van der Waals surface area (Å²) in [5, 5.41) is 10.7. The van der Waals surface area contributed by atoms with Crippen LogP contribution in [-0.4, -0.2) is 5.11 Å². The summed E-state index contributed by atoms with van der Waals surface area (Å²) in [4.78, 5) is 0. The third kappa shape index (κ3) is 2.03. The molecule has 0 saturated carbocycles. The summed E-state index contributed by atoms with van der Waals surface area (Å²) in [5.74, 6) is 0.319. The smallest absolute Gasteiger partial charge is 0.124 e. The molecule has 4 aromatic rings. The average Bonchev–Trinajstić information content (AvgIpc) is 2.67. The van der Waals surface area contributed by atoms with Crippen LogP contribution in [-0.2, 0) is 0 Å². The van der Waals surface area contributed by atoms with E-state index in [2.05, 4.69) is 72.8 Å². The van der Waals surface area contributed by atoms with Gasteiger partial charge in [-0.1, -0.05) is 84.9 Å². The highest BCUT2D eigenvalue weighted by atomic mass is 16.3. The molecule has 0 saturated heterocycles. The standard InChI is InChI=1S/C24H16O/c25-23-15-7-14-22-20-11-4-3-10-18(20)16-8-1-2-9-17(16)19-12-5-6-13-21(19)24(22)23/h1-15,25H. The average molecular weight is 320 g/mol. The van der Waals surface area contributed by atoms with Gasteiger partial charge in [0.05, 0.1) is 0 Å². The Kier molecular flexibility index (Phi) is 3.01. The molecule has 1 N–H and O–H groups in total. The number of fused-ring (bicyclic) bond motifs is 8. The Balaban J connectivity index is 2.03. The molecule has 0 aromatic heterocycles. The SMILES string of the molecule is Oc1cccc2c1-c1ccccc1-c1ccccc1-c1ccccc1-2. The zero-order chi connectivity index (χ0) is 16.8. The number of aromatic hydroxyl groups is 1. The van der Waals surface area contributed by atoms with Gasteiger partial charge in [0, 0.05) is 5.56 Å². The first-order valence-electron chi connectivity index (χ1n) is 8.45. The summed E-state index contributed by atoms with van der Waals surface area (Å²) in [6.07, 6.45) is 0. The van der Waals surface area contributed by atoms with Crippen molar-refractivity contribution < 1.29 is 5.11 Å². The lowest BCUT2D eigenvalue weighted by atomic mass is 9.81. The predicted molar refractivity (Wildman–Crippen MR) is 103 cm³/mol. The van der Waals surface area contributed by atoms with Gasteiger partial charge in [0.1, 0.15) is 5.75 Å². The Labute approximate surface area is 146 Å². The number of phenolic OH excluding ortho intramolecular Hbond substituents is 1. The fourth-order valence-corrected chi connectivity index (χ4v) is 3.89. The van der Waals surface area contributed by atoms with E-state index in [1.54, 1.807) is 6.07 Å². The molecule has 0 radical (unpaired) electrons. The molecule has 5 rings (SSSR count). The third-order valence-corrected chi connectivity index (χ3v) is 4.96. The van der Waals surface area contributed by atoms with Crippen LogP contribution in [0, 0.1) is 0 Å². The summed E-state index contributed by atoms with van der Waals surface area (Å²) in [6, 6.07) is 31.0. The number of hydrogen-bond acceptors (Lipinski definition) is 1. The van der Waals surface area contributed by atoms with Crippen molar-refractivity contribution in [3.8, 4) is 50.3 Å². The van der Waals surface area contributed by atoms with E-state index in [-0.39, 0.29) is 0 Å². The minimum absolute atomic E-state index is 0.319. The van der Waals surface area contributed by atoms with E-state index >= 15 is 0 Å². The van der Waals surface area contributed by atoms with Crippen LogP contribution in [0.1, 0.15) is 0 Å². The van der Waals surface area contributed by atoms with Crippen LogP contribution in [0.2, 0.25) is 0 Å². The van der Waals surface area contributed by atoms with E-state index < -0.39 is 0 Å². The van der Waals surface area contributed by atoms with E-state index in [9.17, 15) is 5.11 Å². The molecule has 25 heavy (non-hydrogen) atoms. The van der Waals surface area contributed by atoms with Crippen molar-refractivity contribution in [3.05, 3.63) is 91.0 Å². The molecular weight excluding hydrogens is 304 g/mol. The summed E-state index contributed by atoms with van der Waals surface area (Å²) >= 11 is 0. The molecule has 0 fully saturated rings. The van der Waals surface area contributed by atoms with Gasteiger partial charge < -0.3 is 5.11 Å². The first-order valence-corrected chi connectivity index (χ1v) is 8.45. The highest BCUT2D eigenvalue weighted by Crippen LogP contribution is 2.49. The first-order chi connectivity index (χ1) is 12.3. The van der Waals surface area contributed by atoms with Crippen LogP contribution in [0.3, 0.4) is 0 Å². The van der Waals surface area contributed by atoms with Crippen LogP contribution < -0.4 is 0 Å². The number of phenols is 1. The quantitative estimate of drug-likeness (QED) is 0.351. The van der Waals surface area contributed by atoms with Gasteiger partial charge in [-0.2, -0.15) is 0 Å². The van der Waals surface area contributed by atoms with E-state index in [4.69, 9.17) is 0 Å². The van der Waals surface area contributed by atoms with Gasteiger partial charge in [-0.3, -0.25) is 0 Å². The van der Waals surface area contributed by atoms with E-state index in [0.717, 1.165) is 27.8 Å². The van der Waals surface area contributed by atoms with Crippen LogP contribution in [0.5, 0.6) is 5.75 Å². The van der Waals surface area contributed by atoms with Gasteiger partial charge >= 0.3 is 0 Å². The van der Waals surface area contributed by atoms with Gasteiger partial charge in [-0.15, -0.1) is 0 Å². The Morgan fingerprint density at radius 1 is 0.360 bits per heavy atom. The molecule has 0 aliphatic heterocycles. The van der Waals surface area contributed by atoms with Crippen molar-refractivity contribution >= 4 is 0 Å². The Morgan fingerprint density at radius 3 is 1.24 bits per heavy atom. The zero-order valence-corrected chi connectivity index (χ0v) is 13.6. The predicted octanol–water partition coefficient (Wildman–Crippen LogP) is 6.37. The summed E-state index contributed by atoms with van der Waals surface area (Å²) in [5.41, 5.74) is 8.94. The third-order valence-electron chi connectivity index (χ3n) is 4.96. The molecule has 0 spiro atoms. The molecule has 118 valence electrons. The molecule has 1 nitrogen and oxygen atoms in total. The molecule has 1 aliphatic rings. The molecule has 0 bridgehead atoms. The molecule has 4 aromatic carbocycles. The monoisotopic (exact) mass is 320 g/mol. The first kappa shape index (κ1) is 14.1. The van der Waals surface area contributed by atoms with E-state index in [1.165, 1.54) is 16.7 Å². The second-order valence-electron chi connectivity index (χ2n) is 6.34. The lowest BCUT2D eigenvalue weighted by Gasteiger charge is -2.23. The van der Waals surface area contributed by atoms with Crippen molar-refractivity contribution in [1.82, 2.24) is 0 Å². The molecule has 0 amide bonds. The maximum absolute atomic E-state index is 10.7. The Morgan fingerprint density at radius 2 is 0.720 bits per heavy atom. The molecule has 0 heterocycles. The Bertz CT molecular complexity index is 1100. The summed E-state index contributed by atoms with van der Waals surface area (Å²) in [6.45, 7) is 0. The van der Waals surface area contributed by atoms with Gasteiger partial charge in [-0.25, -0.2) is 0 Å². The van der Waals surface area contributed by atoms with Crippen LogP contribution >= 0.6 is 0 Å². The van der Waals surface area contributed by atoms with Crippen molar-refractivity contribution in [2.75, 3.05) is 0 Å². The second-order valence-corrected chi connectivity index (χ2v) is 6.34. The van der Waals surface area contributed by atoms with Crippen molar-refractivity contribution in [2.24, 2.45) is 0 Å². The number of benzene rings is 4. The Hall–Kier alpha value is -3.32. The second kappa shape index (κ2) is 5.35. The molecule has 1 aliphatic carbocycles. The maximum Gasteiger partial charge on any atom is 0.124 e. The summed E-state index contributed by atoms with van der Waals surface area (Å²) in [7, 11) is 0. The highest BCUT2D eigenvalue weighted by Gasteiger charge is 2.22. The van der Waals surface area contributed by atoms with Crippen molar-refractivity contribution in [2.45, 2.75) is 0 Å². The molecule has 0 atom stereocenters. The van der Waals surface area contributed by atoms with Gasteiger partial charge in [0.2, 0.25) is 0 Å². The largest absolute Gasteiger partial charge is 0.507 e. The van der Waals surface area contributed by atoms with Crippen LogP contribution in [0.4, 0.5) is 0 Å². The van der Waals surface area contributed by atoms with Gasteiger partial charge in [-0.05, 0) is 45.0 Å². The molecule has 1 heteroatoms. The van der Waals surface area contributed by atoms with Gasteiger partial charge in [0.15, 0.2) is 0 Å². The van der Waals surface area contributed by atoms with E-state index in [0.29, 0.717) is 5.75 Å². The highest BCUT2D eigenvalue weighted by molar-refractivity contribution is 6.04. The molecular formula is C24H16O. The minimum atomic E-state index is 0.319. The topological polar surface area (TPSA) is 20.2 Å². The lowest BCUT2D eigenvalue weighted by molar-refractivity contribution is 0.477.